The van der Waals surface area contributed by atoms with E-state index in [9.17, 15) is 18.0 Å². The van der Waals surface area contributed by atoms with E-state index in [-0.39, 0.29) is 17.5 Å². The molecule has 1 aromatic heterocycles. The van der Waals surface area contributed by atoms with Gasteiger partial charge in [0, 0.05) is 43.4 Å². The Bertz CT molecular complexity index is 853. The lowest BCUT2D eigenvalue weighted by atomic mass is 10.1. The molecule has 1 saturated heterocycles. The van der Waals surface area contributed by atoms with E-state index < -0.39 is 22.8 Å². The van der Waals surface area contributed by atoms with Crippen molar-refractivity contribution in [1.82, 2.24) is 14.3 Å². The predicted molar refractivity (Wildman–Crippen MR) is 103 cm³/mol. The van der Waals surface area contributed by atoms with Crippen LogP contribution in [-0.4, -0.2) is 52.4 Å². The minimum atomic E-state index is -4.59. The summed E-state index contributed by atoms with van der Waals surface area (Å²) < 4.78 is 42.9. The average Bonchev–Trinajstić information content (AvgIpc) is 3.08. The first-order valence-corrected chi connectivity index (χ1v) is 9.56. The van der Waals surface area contributed by atoms with Crippen molar-refractivity contribution in [3.8, 4) is 0 Å². The Morgan fingerprint density at radius 2 is 2.00 bits per heavy atom. The van der Waals surface area contributed by atoms with Crippen LogP contribution >= 0.6 is 23.1 Å². The van der Waals surface area contributed by atoms with Crippen molar-refractivity contribution in [2.45, 2.75) is 19.1 Å². The Kier molecular flexibility index (Phi) is 5.96. The van der Waals surface area contributed by atoms with Gasteiger partial charge in [0.15, 0.2) is 0 Å². The number of anilines is 3. The number of hydrogen-bond acceptors (Lipinski definition) is 7. The summed E-state index contributed by atoms with van der Waals surface area (Å²) in [4.78, 5) is 20.6. The lowest BCUT2D eigenvalue weighted by Crippen LogP contribution is -2.52. The first-order chi connectivity index (χ1) is 13.1. The molecule has 7 nitrogen and oxygen atoms in total. The molecule has 0 bridgehead atoms. The van der Waals surface area contributed by atoms with Gasteiger partial charge in [0.1, 0.15) is 0 Å². The van der Waals surface area contributed by atoms with Crippen LogP contribution in [0.1, 0.15) is 12.5 Å². The second-order valence-electron chi connectivity index (χ2n) is 6.32. The van der Waals surface area contributed by atoms with Crippen LogP contribution in [-0.2, 0) is 11.0 Å². The lowest BCUT2D eigenvalue weighted by molar-refractivity contribution is -0.137. The standard InChI is InChI=1S/C16H18ClF3N6OS/c1-9(25-4-6-26(7-5-25)15-23-14(21)24-28-15)13(27)22-10-2-3-12(17)11(8-10)16(18,19)20/h2-3,8-9H,4-7H2,1H3,(H2,21,24)(H,22,27). The number of carbonyl (C=O) groups is 1. The number of nitrogens with two attached hydrogens (primary N) is 1. The highest BCUT2D eigenvalue weighted by molar-refractivity contribution is 7.09. The molecule has 2 heterocycles. The number of carbonyl (C=O) groups excluding carboxylic acids is 1. The van der Waals surface area contributed by atoms with Crippen molar-refractivity contribution in [1.29, 1.82) is 0 Å². The van der Waals surface area contributed by atoms with E-state index in [2.05, 4.69) is 14.7 Å². The molecule has 1 aliphatic rings. The summed E-state index contributed by atoms with van der Waals surface area (Å²) in [5.74, 6) is -0.152. The maximum absolute atomic E-state index is 13.0. The number of benzene rings is 1. The van der Waals surface area contributed by atoms with Crippen molar-refractivity contribution in [2.75, 3.05) is 42.1 Å². The van der Waals surface area contributed by atoms with E-state index in [4.69, 9.17) is 17.3 Å². The number of nitrogen functional groups attached to an aromatic ring is 1. The van der Waals surface area contributed by atoms with Gasteiger partial charge in [-0.05, 0) is 25.1 Å². The van der Waals surface area contributed by atoms with Crippen LogP contribution in [0.3, 0.4) is 0 Å². The van der Waals surface area contributed by atoms with Gasteiger partial charge in [-0.1, -0.05) is 11.6 Å². The molecule has 1 aliphatic heterocycles. The molecule has 1 amide bonds. The highest BCUT2D eigenvalue weighted by Crippen LogP contribution is 2.36. The first kappa shape index (κ1) is 20.6. The molecular weight excluding hydrogens is 417 g/mol. The number of rotatable bonds is 4. The minimum absolute atomic E-state index is 0.0524. The molecule has 0 saturated carbocycles. The number of piperazine rings is 1. The smallest absolute Gasteiger partial charge is 0.367 e. The Balaban J connectivity index is 1.60. The van der Waals surface area contributed by atoms with Gasteiger partial charge in [-0.3, -0.25) is 9.69 Å². The molecule has 0 spiro atoms. The summed E-state index contributed by atoms with van der Waals surface area (Å²) in [7, 11) is 0. The molecular formula is C16H18ClF3N6OS. The topological polar surface area (TPSA) is 87.4 Å². The third kappa shape index (κ3) is 4.65. The third-order valence-corrected chi connectivity index (χ3v) is 5.60. The maximum Gasteiger partial charge on any atom is 0.417 e. The van der Waals surface area contributed by atoms with Crippen molar-refractivity contribution in [3.05, 3.63) is 28.8 Å². The van der Waals surface area contributed by atoms with E-state index >= 15 is 0 Å². The van der Waals surface area contributed by atoms with Crippen LogP contribution < -0.4 is 16.0 Å². The molecule has 0 radical (unpaired) electrons. The highest BCUT2D eigenvalue weighted by atomic mass is 35.5. The van der Waals surface area contributed by atoms with Crippen molar-refractivity contribution >= 4 is 45.8 Å². The second kappa shape index (κ2) is 8.10. The second-order valence-corrected chi connectivity index (χ2v) is 7.45. The SMILES string of the molecule is CC(C(=O)Nc1ccc(Cl)c(C(F)(F)F)c1)N1CCN(c2nc(N)ns2)CC1. The number of alkyl halides is 3. The Hall–Kier alpha value is -2.11. The number of aromatic nitrogens is 2. The Labute approximate surface area is 168 Å². The van der Waals surface area contributed by atoms with Gasteiger partial charge in [-0.25, -0.2) is 0 Å². The molecule has 12 heteroatoms. The quantitative estimate of drug-likeness (QED) is 0.769. The van der Waals surface area contributed by atoms with Gasteiger partial charge in [0.05, 0.1) is 16.6 Å². The molecule has 1 unspecified atom stereocenters. The molecule has 152 valence electrons. The lowest BCUT2D eigenvalue weighted by Gasteiger charge is -2.37. The predicted octanol–water partition coefficient (Wildman–Crippen LogP) is 2.94. The zero-order valence-electron chi connectivity index (χ0n) is 14.8. The van der Waals surface area contributed by atoms with Gasteiger partial charge in [-0.2, -0.15) is 22.5 Å². The summed E-state index contributed by atoms with van der Waals surface area (Å²) in [6.45, 7) is 4.20. The van der Waals surface area contributed by atoms with Crippen molar-refractivity contribution < 1.29 is 18.0 Å². The van der Waals surface area contributed by atoms with Gasteiger partial charge >= 0.3 is 6.18 Å². The molecule has 3 rings (SSSR count). The minimum Gasteiger partial charge on any atom is -0.367 e. The highest BCUT2D eigenvalue weighted by Gasteiger charge is 2.34. The van der Waals surface area contributed by atoms with Crippen LogP contribution in [0.4, 0.5) is 29.9 Å². The van der Waals surface area contributed by atoms with E-state index in [0.29, 0.717) is 26.2 Å². The fourth-order valence-corrected chi connectivity index (χ4v) is 3.76. The maximum atomic E-state index is 13.0. The molecule has 1 aromatic carbocycles. The number of amides is 1. The third-order valence-electron chi connectivity index (χ3n) is 4.48. The summed E-state index contributed by atoms with van der Waals surface area (Å²) in [6, 6.07) is 2.80. The van der Waals surface area contributed by atoms with Crippen molar-refractivity contribution in [3.63, 3.8) is 0 Å². The van der Waals surface area contributed by atoms with Gasteiger partial charge in [0.2, 0.25) is 17.0 Å². The Morgan fingerprint density at radius 1 is 1.32 bits per heavy atom. The van der Waals surface area contributed by atoms with E-state index in [0.717, 1.165) is 17.3 Å². The molecule has 2 aromatic rings. The summed E-state index contributed by atoms with van der Waals surface area (Å²) in [5, 5.41) is 2.86. The number of nitrogens with one attached hydrogen (secondary N) is 1. The average molecular weight is 435 g/mol. The number of halogens is 4. The normalized spacial score (nSPS) is 16.8. The van der Waals surface area contributed by atoms with Crippen LogP contribution in [0.5, 0.6) is 0 Å². The van der Waals surface area contributed by atoms with Crippen molar-refractivity contribution in [2.24, 2.45) is 0 Å². The number of hydrogen-bond donors (Lipinski definition) is 2. The zero-order valence-corrected chi connectivity index (χ0v) is 16.4. The fraction of sp³-hybridized carbons (Fsp3) is 0.438. The van der Waals surface area contributed by atoms with Crippen LogP contribution in [0.2, 0.25) is 5.02 Å². The number of nitrogens with zero attached hydrogens (tertiary/aromatic N) is 4. The Morgan fingerprint density at radius 3 is 2.57 bits per heavy atom. The summed E-state index contributed by atoms with van der Waals surface area (Å²) in [5.41, 5.74) is 4.61. The monoisotopic (exact) mass is 434 g/mol. The van der Waals surface area contributed by atoms with Crippen LogP contribution in [0, 0.1) is 0 Å². The van der Waals surface area contributed by atoms with Gasteiger partial charge in [0.25, 0.3) is 0 Å². The molecule has 3 N–H and O–H groups in total. The zero-order chi connectivity index (χ0) is 20.5. The van der Waals surface area contributed by atoms with Gasteiger partial charge in [-0.15, -0.1) is 0 Å². The largest absolute Gasteiger partial charge is 0.417 e. The van der Waals surface area contributed by atoms with Crippen LogP contribution in [0.25, 0.3) is 0 Å². The molecule has 28 heavy (non-hydrogen) atoms. The van der Waals surface area contributed by atoms with E-state index in [1.807, 2.05) is 9.80 Å². The summed E-state index contributed by atoms with van der Waals surface area (Å²) in [6.07, 6.45) is -4.59. The van der Waals surface area contributed by atoms with Crippen LogP contribution in [0.15, 0.2) is 18.2 Å². The molecule has 1 fully saturated rings. The fourth-order valence-electron chi connectivity index (χ4n) is 2.89. The van der Waals surface area contributed by atoms with Gasteiger partial charge < -0.3 is 16.0 Å². The summed E-state index contributed by atoms with van der Waals surface area (Å²) >= 11 is 6.82. The van der Waals surface area contributed by atoms with E-state index in [1.54, 1.807) is 6.92 Å². The first-order valence-electron chi connectivity index (χ1n) is 8.41. The molecule has 1 atom stereocenters. The molecule has 0 aliphatic carbocycles. The van der Waals surface area contributed by atoms with E-state index in [1.165, 1.54) is 17.6 Å².